The van der Waals surface area contributed by atoms with E-state index in [2.05, 4.69) is 15.6 Å². The Morgan fingerprint density at radius 3 is 2.60 bits per heavy atom. The van der Waals surface area contributed by atoms with Crippen molar-refractivity contribution in [2.24, 2.45) is 23.7 Å². The molecule has 2 amide bonds. The predicted molar refractivity (Wildman–Crippen MR) is 139 cm³/mol. The van der Waals surface area contributed by atoms with Crippen LogP contribution >= 0.6 is 23.1 Å². The van der Waals surface area contributed by atoms with Crippen molar-refractivity contribution in [3.8, 4) is 0 Å². The number of thioether (sulfide) groups is 1. The van der Waals surface area contributed by atoms with E-state index in [-0.39, 0.29) is 29.4 Å². The van der Waals surface area contributed by atoms with Gasteiger partial charge in [0, 0.05) is 11.4 Å². The third-order valence-corrected chi connectivity index (χ3v) is 8.84. The molecule has 2 bridgehead atoms. The summed E-state index contributed by atoms with van der Waals surface area (Å²) in [5.74, 6) is -2.33. The van der Waals surface area contributed by atoms with Crippen LogP contribution in [0.1, 0.15) is 17.5 Å². The van der Waals surface area contributed by atoms with Crippen molar-refractivity contribution in [1.29, 1.82) is 0 Å². The Hall–Kier alpha value is -3.17. The molecule has 180 valence electrons. The van der Waals surface area contributed by atoms with E-state index >= 15 is 0 Å². The molecule has 5 rings (SSSR count). The summed E-state index contributed by atoms with van der Waals surface area (Å²) < 4.78 is 1.66. The van der Waals surface area contributed by atoms with Crippen molar-refractivity contribution in [3.63, 3.8) is 0 Å². The highest BCUT2D eigenvalue weighted by Gasteiger charge is 2.51. The van der Waals surface area contributed by atoms with E-state index in [9.17, 15) is 19.5 Å². The molecule has 1 heterocycles. The fraction of sp³-hybridized carbons (Fsp3) is 0.308. The highest BCUT2D eigenvalue weighted by Crippen LogP contribution is 2.48. The van der Waals surface area contributed by atoms with Gasteiger partial charge in [0.15, 0.2) is 4.34 Å². The number of allylic oxidation sites excluding steroid dienone is 2. The Morgan fingerprint density at radius 2 is 1.83 bits per heavy atom. The molecule has 0 unspecified atom stereocenters. The molecule has 0 aliphatic heterocycles. The molecule has 2 aliphatic rings. The first kappa shape index (κ1) is 23.6. The van der Waals surface area contributed by atoms with Gasteiger partial charge in [-0.25, -0.2) is 4.98 Å². The summed E-state index contributed by atoms with van der Waals surface area (Å²) in [4.78, 5) is 41.7. The summed E-state index contributed by atoms with van der Waals surface area (Å²) >= 11 is 2.83. The van der Waals surface area contributed by atoms with Crippen LogP contribution in [0.3, 0.4) is 0 Å². The van der Waals surface area contributed by atoms with E-state index < -0.39 is 17.8 Å². The van der Waals surface area contributed by atoms with Crippen LogP contribution in [0, 0.1) is 37.5 Å². The van der Waals surface area contributed by atoms with Gasteiger partial charge in [-0.3, -0.25) is 14.4 Å². The number of carbonyl (C=O) groups excluding carboxylic acids is 2. The molecule has 1 aromatic heterocycles. The molecule has 2 aliphatic carbocycles. The molecule has 1 saturated carbocycles. The minimum absolute atomic E-state index is 0.0222. The van der Waals surface area contributed by atoms with Crippen molar-refractivity contribution < 1.29 is 19.5 Å². The van der Waals surface area contributed by atoms with E-state index in [1.54, 1.807) is 6.07 Å². The summed E-state index contributed by atoms with van der Waals surface area (Å²) in [6.07, 6.45) is 4.62. The average molecular weight is 508 g/mol. The van der Waals surface area contributed by atoms with Crippen LogP contribution in [0.25, 0.3) is 10.2 Å². The zero-order valence-corrected chi connectivity index (χ0v) is 20.9. The normalized spacial score (nSPS) is 22.5. The van der Waals surface area contributed by atoms with Crippen molar-refractivity contribution in [2.45, 2.75) is 24.6 Å². The number of anilines is 2. The molecule has 4 atom stereocenters. The first-order valence-electron chi connectivity index (χ1n) is 11.4. The van der Waals surface area contributed by atoms with E-state index in [0.29, 0.717) is 5.69 Å². The Kier molecular flexibility index (Phi) is 6.37. The van der Waals surface area contributed by atoms with Crippen LogP contribution in [0.5, 0.6) is 0 Å². The van der Waals surface area contributed by atoms with Gasteiger partial charge >= 0.3 is 5.97 Å². The van der Waals surface area contributed by atoms with Crippen molar-refractivity contribution in [2.75, 3.05) is 16.4 Å². The number of carboxylic acid groups (broad SMARTS) is 1. The molecule has 1 fully saturated rings. The van der Waals surface area contributed by atoms with E-state index in [1.165, 1.54) is 23.1 Å². The van der Waals surface area contributed by atoms with Crippen LogP contribution in [-0.2, 0) is 14.4 Å². The molecule has 35 heavy (non-hydrogen) atoms. The number of thiazole rings is 1. The first-order chi connectivity index (χ1) is 16.8. The molecule has 2 aromatic carbocycles. The Morgan fingerprint density at radius 1 is 1.06 bits per heavy atom. The smallest absolute Gasteiger partial charge is 0.307 e. The zero-order chi connectivity index (χ0) is 24.7. The molecule has 3 aromatic rings. The monoisotopic (exact) mass is 507 g/mol. The van der Waals surface area contributed by atoms with Crippen LogP contribution < -0.4 is 10.6 Å². The minimum Gasteiger partial charge on any atom is -0.481 e. The maximum absolute atomic E-state index is 13.0. The Bertz CT molecular complexity index is 1370. The van der Waals surface area contributed by atoms with Crippen LogP contribution in [0.2, 0.25) is 0 Å². The standard InChI is InChI=1S/C26H25N3O4S2/c1-13-3-4-14(2)19(9-13)28-21(30)12-34-26-29-18-8-7-17(11-20(18)35-26)27-24(31)22-15-5-6-16(10-15)23(22)25(32)33/h3-9,11,15-16,22-23H,10,12H2,1-2H3,(H,27,31)(H,28,30)(H,32,33)/t15-,16-,22+,23-/m0/s1. The zero-order valence-electron chi connectivity index (χ0n) is 19.3. The summed E-state index contributed by atoms with van der Waals surface area (Å²) in [6, 6.07) is 11.4. The number of aryl methyl sites for hydroxylation is 2. The van der Waals surface area contributed by atoms with Crippen molar-refractivity contribution in [3.05, 3.63) is 59.7 Å². The number of benzene rings is 2. The van der Waals surface area contributed by atoms with Crippen LogP contribution in [0.4, 0.5) is 11.4 Å². The number of aromatic nitrogens is 1. The van der Waals surface area contributed by atoms with E-state index in [1.807, 2.05) is 56.3 Å². The maximum atomic E-state index is 13.0. The lowest BCUT2D eigenvalue weighted by Gasteiger charge is -2.23. The molecule has 7 nitrogen and oxygen atoms in total. The second kappa shape index (κ2) is 9.47. The van der Waals surface area contributed by atoms with E-state index in [4.69, 9.17) is 0 Å². The SMILES string of the molecule is Cc1ccc(C)c(NC(=O)CSc2nc3ccc(NC(=O)[C@H]4[C@@H](C(=O)O)[C@H]5C=C[C@H]4C5)cc3s2)c1. The van der Waals surface area contributed by atoms with Gasteiger partial charge in [0.2, 0.25) is 11.8 Å². The van der Waals surface area contributed by atoms with Crippen molar-refractivity contribution >= 4 is 62.5 Å². The fourth-order valence-electron chi connectivity index (χ4n) is 4.97. The summed E-state index contributed by atoms with van der Waals surface area (Å²) in [6.45, 7) is 3.95. The molecule has 0 spiro atoms. The molecular formula is C26H25N3O4S2. The fourth-order valence-corrected chi connectivity index (χ4v) is 6.88. The number of carboxylic acids is 1. The number of hydrogen-bond donors (Lipinski definition) is 3. The Labute approximate surface area is 211 Å². The summed E-state index contributed by atoms with van der Waals surface area (Å²) in [7, 11) is 0. The lowest BCUT2D eigenvalue weighted by atomic mass is 9.82. The number of nitrogens with one attached hydrogen (secondary N) is 2. The third kappa shape index (κ3) is 4.83. The number of aliphatic carboxylic acids is 1. The highest BCUT2D eigenvalue weighted by molar-refractivity contribution is 8.01. The molecule has 9 heteroatoms. The lowest BCUT2D eigenvalue weighted by molar-refractivity contribution is -0.146. The molecule has 0 saturated heterocycles. The van der Waals surface area contributed by atoms with Crippen LogP contribution in [-0.4, -0.2) is 33.6 Å². The van der Waals surface area contributed by atoms with Gasteiger partial charge in [-0.1, -0.05) is 36.0 Å². The largest absolute Gasteiger partial charge is 0.481 e. The van der Waals surface area contributed by atoms with Gasteiger partial charge in [0.05, 0.1) is 27.8 Å². The highest BCUT2D eigenvalue weighted by atomic mass is 32.2. The second-order valence-electron chi connectivity index (χ2n) is 9.14. The number of carbonyl (C=O) groups is 3. The maximum Gasteiger partial charge on any atom is 0.307 e. The number of nitrogens with zero attached hydrogens (tertiary/aromatic N) is 1. The van der Waals surface area contributed by atoms with Gasteiger partial charge in [-0.05, 0) is 67.5 Å². The molecule has 0 radical (unpaired) electrons. The average Bonchev–Trinajstić information content (AvgIpc) is 3.54. The van der Waals surface area contributed by atoms with Gasteiger partial charge in [-0.15, -0.1) is 11.3 Å². The topological polar surface area (TPSA) is 108 Å². The van der Waals surface area contributed by atoms with Gasteiger partial charge in [-0.2, -0.15) is 0 Å². The van der Waals surface area contributed by atoms with Gasteiger partial charge in [0.25, 0.3) is 0 Å². The van der Waals surface area contributed by atoms with Crippen molar-refractivity contribution in [1.82, 2.24) is 4.98 Å². The number of rotatable bonds is 7. The number of fused-ring (bicyclic) bond motifs is 3. The molecule has 3 N–H and O–H groups in total. The number of hydrogen-bond acceptors (Lipinski definition) is 6. The van der Waals surface area contributed by atoms with E-state index in [0.717, 1.165) is 37.8 Å². The number of amides is 2. The molecular weight excluding hydrogens is 482 g/mol. The Balaban J connectivity index is 1.23. The van der Waals surface area contributed by atoms with Gasteiger partial charge < -0.3 is 15.7 Å². The predicted octanol–water partition coefficient (Wildman–Crippen LogP) is 5.11. The summed E-state index contributed by atoms with van der Waals surface area (Å²) in [5, 5.41) is 15.5. The minimum atomic E-state index is -0.914. The quantitative estimate of drug-likeness (QED) is 0.303. The second-order valence-corrected chi connectivity index (χ2v) is 11.4. The summed E-state index contributed by atoms with van der Waals surface area (Å²) in [5.41, 5.74) is 4.32. The van der Waals surface area contributed by atoms with Crippen LogP contribution in [0.15, 0.2) is 52.9 Å². The lowest BCUT2D eigenvalue weighted by Crippen LogP contribution is -2.36. The van der Waals surface area contributed by atoms with Gasteiger partial charge in [0.1, 0.15) is 0 Å². The third-order valence-electron chi connectivity index (χ3n) is 6.68. The first-order valence-corrected chi connectivity index (χ1v) is 13.2.